The van der Waals surface area contributed by atoms with Crippen LogP contribution in [0.4, 0.5) is 0 Å². The molecule has 7 nitrogen and oxygen atoms in total. The van der Waals surface area contributed by atoms with Crippen molar-refractivity contribution in [2.45, 2.75) is 33.6 Å². The van der Waals surface area contributed by atoms with E-state index in [9.17, 15) is 4.79 Å². The number of hydrogen-bond donors (Lipinski definition) is 0. The molecule has 0 aromatic carbocycles. The Bertz CT molecular complexity index is 904. The summed E-state index contributed by atoms with van der Waals surface area (Å²) in [5.41, 5.74) is 3.54. The standard InChI is InChI=1S/3C6H7N.C5H9NO.C4H6N2/c1-6-2-4-7-5-3-6;1-6-3-2-4-7-5-6;1-6-4-2-3-5-7-6;1-6-4-2-3-5(6)7;1-6-3-2-5-4-6/h3*2-5H,1H3;2-4H2,1H3;2-4H,1H3. The van der Waals surface area contributed by atoms with E-state index >= 15 is 0 Å². The molecule has 4 aromatic rings. The summed E-state index contributed by atoms with van der Waals surface area (Å²) in [4.78, 5) is 27.8. The number of aromatic nitrogens is 5. The van der Waals surface area contributed by atoms with Gasteiger partial charge >= 0.3 is 0 Å². The zero-order valence-corrected chi connectivity index (χ0v) is 20.9. The van der Waals surface area contributed by atoms with Crippen LogP contribution in [0, 0.1) is 20.8 Å². The summed E-state index contributed by atoms with van der Waals surface area (Å²) in [5.74, 6) is 0.292. The third-order valence-corrected chi connectivity index (χ3v) is 4.42. The minimum absolute atomic E-state index is 0.292. The van der Waals surface area contributed by atoms with Gasteiger partial charge in [-0.2, -0.15) is 0 Å². The lowest BCUT2D eigenvalue weighted by atomic mass is 10.3. The number of rotatable bonds is 0. The minimum Gasteiger partial charge on any atom is -0.346 e. The Kier molecular flexibility index (Phi) is 14.6. The fourth-order valence-electron chi connectivity index (χ4n) is 2.43. The van der Waals surface area contributed by atoms with Crippen LogP contribution in [0.5, 0.6) is 0 Å². The molecular formula is C27H36N6O. The quantitative estimate of drug-likeness (QED) is 0.376. The number of nitrogens with zero attached hydrogens (tertiary/aromatic N) is 6. The van der Waals surface area contributed by atoms with Gasteiger partial charge in [0.1, 0.15) is 0 Å². The molecule has 1 fully saturated rings. The van der Waals surface area contributed by atoms with Gasteiger partial charge in [0.15, 0.2) is 0 Å². The molecule has 0 saturated carbocycles. The molecule has 0 aliphatic carbocycles. The highest BCUT2D eigenvalue weighted by molar-refractivity contribution is 5.77. The summed E-state index contributed by atoms with van der Waals surface area (Å²) in [6.07, 6.45) is 16.2. The van der Waals surface area contributed by atoms with Crippen LogP contribution in [-0.4, -0.2) is 48.9 Å². The Morgan fingerprint density at radius 1 is 0.765 bits per heavy atom. The van der Waals surface area contributed by atoms with E-state index in [1.54, 1.807) is 42.2 Å². The number of pyridine rings is 3. The summed E-state index contributed by atoms with van der Waals surface area (Å²) < 4.78 is 1.89. The van der Waals surface area contributed by atoms with Crippen molar-refractivity contribution in [1.82, 2.24) is 29.4 Å². The predicted octanol–water partition coefficient (Wildman–Crippen LogP) is 4.83. The SMILES string of the molecule is CN1CCCC1=O.Cc1ccccn1.Cc1cccnc1.Cc1ccncc1.Cn1ccnc1. The Hall–Kier alpha value is -3.87. The highest BCUT2D eigenvalue weighted by Crippen LogP contribution is 2.04. The first-order chi connectivity index (χ1) is 16.4. The van der Waals surface area contributed by atoms with Gasteiger partial charge < -0.3 is 9.47 Å². The van der Waals surface area contributed by atoms with Crippen LogP contribution in [0.3, 0.4) is 0 Å². The molecule has 0 bridgehead atoms. The van der Waals surface area contributed by atoms with E-state index in [0.717, 1.165) is 25.1 Å². The molecule has 0 spiro atoms. The first-order valence-electron chi connectivity index (χ1n) is 11.1. The monoisotopic (exact) mass is 460 g/mol. The number of hydrogen-bond acceptors (Lipinski definition) is 5. The van der Waals surface area contributed by atoms with E-state index in [-0.39, 0.29) is 0 Å². The molecule has 1 aliphatic rings. The van der Waals surface area contributed by atoms with Gasteiger partial charge in [-0.15, -0.1) is 0 Å². The second-order valence-electron chi connectivity index (χ2n) is 7.67. The number of amides is 1. The zero-order valence-electron chi connectivity index (χ0n) is 20.9. The highest BCUT2D eigenvalue weighted by atomic mass is 16.2. The summed E-state index contributed by atoms with van der Waals surface area (Å²) >= 11 is 0. The Labute approximate surface area is 203 Å². The van der Waals surface area contributed by atoms with Crippen molar-refractivity contribution in [2.75, 3.05) is 13.6 Å². The van der Waals surface area contributed by atoms with E-state index in [1.807, 2.05) is 94.3 Å². The molecule has 7 heteroatoms. The second-order valence-corrected chi connectivity index (χ2v) is 7.67. The second kappa shape index (κ2) is 17.7. The lowest BCUT2D eigenvalue weighted by Crippen LogP contribution is -2.17. The molecule has 1 saturated heterocycles. The van der Waals surface area contributed by atoms with Crippen molar-refractivity contribution in [2.24, 2.45) is 7.05 Å². The first-order valence-corrected chi connectivity index (χ1v) is 11.1. The molecule has 0 radical (unpaired) electrons. The normalized spacial score (nSPS) is 11.3. The molecule has 0 unspecified atom stereocenters. The van der Waals surface area contributed by atoms with Gasteiger partial charge in [0.05, 0.1) is 6.33 Å². The summed E-state index contributed by atoms with van der Waals surface area (Å²) in [6.45, 7) is 6.99. The maximum atomic E-state index is 10.5. The van der Waals surface area contributed by atoms with Crippen LogP contribution in [0.15, 0.2) is 92.2 Å². The molecule has 180 valence electrons. The van der Waals surface area contributed by atoms with Crippen LogP contribution >= 0.6 is 0 Å². The fourth-order valence-corrected chi connectivity index (χ4v) is 2.43. The van der Waals surface area contributed by atoms with Gasteiger partial charge in [-0.05, 0) is 68.7 Å². The Balaban J connectivity index is 0.000000213. The van der Waals surface area contributed by atoms with Gasteiger partial charge in [0, 0.05) is 76.1 Å². The first kappa shape index (κ1) is 28.2. The average Bonchev–Trinajstić information content (AvgIpc) is 3.47. The predicted molar refractivity (Wildman–Crippen MR) is 137 cm³/mol. The molecule has 1 aliphatic heterocycles. The van der Waals surface area contributed by atoms with E-state index in [2.05, 4.69) is 19.9 Å². The molecule has 5 heterocycles. The van der Waals surface area contributed by atoms with Crippen LogP contribution in [0.1, 0.15) is 29.7 Å². The molecule has 5 rings (SSSR count). The topological polar surface area (TPSA) is 76.8 Å². The molecule has 0 atom stereocenters. The molecule has 34 heavy (non-hydrogen) atoms. The van der Waals surface area contributed by atoms with Crippen LogP contribution in [0.2, 0.25) is 0 Å². The number of carbonyl (C=O) groups is 1. The number of aryl methyl sites for hydroxylation is 4. The Morgan fingerprint density at radius 2 is 1.53 bits per heavy atom. The lowest BCUT2D eigenvalue weighted by Gasteiger charge is -2.03. The van der Waals surface area contributed by atoms with Gasteiger partial charge in [0.25, 0.3) is 0 Å². The van der Waals surface area contributed by atoms with Crippen molar-refractivity contribution >= 4 is 5.91 Å². The molecule has 1 amide bonds. The third-order valence-electron chi connectivity index (χ3n) is 4.42. The highest BCUT2D eigenvalue weighted by Gasteiger charge is 2.14. The maximum Gasteiger partial charge on any atom is 0.222 e. The average molecular weight is 461 g/mol. The van der Waals surface area contributed by atoms with Gasteiger partial charge in [-0.3, -0.25) is 19.7 Å². The van der Waals surface area contributed by atoms with Crippen molar-refractivity contribution in [3.8, 4) is 0 Å². The Morgan fingerprint density at radius 3 is 1.76 bits per heavy atom. The summed E-state index contributed by atoms with van der Waals surface area (Å²) in [7, 11) is 3.78. The van der Waals surface area contributed by atoms with Crippen LogP contribution < -0.4 is 0 Å². The molecular weight excluding hydrogens is 424 g/mol. The maximum absolute atomic E-state index is 10.5. The number of imidazole rings is 1. The minimum atomic E-state index is 0.292. The summed E-state index contributed by atoms with van der Waals surface area (Å²) in [6, 6.07) is 13.7. The molecule has 0 N–H and O–H groups in total. The van der Waals surface area contributed by atoms with Crippen molar-refractivity contribution in [3.05, 3.63) is 109 Å². The van der Waals surface area contributed by atoms with Crippen LogP contribution in [-0.2, 0) is 11.8 Å². The largest absolute Gasteiger partial charge is 0.346 e. The number of likely N-dealkylation sites (tertiary alicyclic amines) is 1. The van der Waals surface area contributed by atoms with Gasteiger partial charge in [-0.1, -0.05) is 12.1 Å². The fraction of sp³-hybridized carbons (Fsp3) is 0.296. The lowest BCUT2D eigenvalue weighted by molar-refractivity contribution is -0.126. The third kappa shape index (κ3) is 15.0. The van der Waals surface area contributed by atoms with Crippen LogP contribution in [0.25, 0.3) is 0 Å². The number of carbonyl (C=O) groups excluding carboxylic acids is 1. The van der Waals surface area contributed by atoms with E-state index in [1.165, 1.54) is 11.1 Å². The van der Waals surface area contributed by atoms with E-state index < -0.39 is 0 Å². The van der Waals surface area contributed by atoms with E-state index in [0.29, 0.717) is 5.91 Å². The summed E-state index contributed by atoms with van der Waals surface area (Å²) in [5, 5.41) is 0. The van der Waals surface area contributed by atoms with Gasteiger partial charge in [0.2, 0.25) is 5.91 Å². The van der Waals surface area contributed by atoms with Crippen molar-refractivity contribution < 1.29 is 4.79 Å². The zero-order chi connectivity index (χ0) is 25.0. The van der Waals surface area contributed by atoms with Gasteiger partial charge in [-0.25, -0.2) is 4.98 Å². The smallest absolute Gasteiger partial charge is 0.222 e. The van der Waals surface area contributed by atoms with Crippen molar-refractivity contribution in [1.29, 1.82) is 0 Å². The van der Waals surface area contributed by atoms with E-state index in [4.69, 9.17) is 0 Å². The van der Waals surface area contributed by atoms with Crippen molar-refractivity contribution in [3.63, 3.8) is 0 Å². The molecule has 4 aromatic heterocycles.